The van der Waals surface area contributed by atoms with Crippen molar-refractivity contribution in [1.82, 2.24) is 15.5 Å². The number of rotatable bonds is 10. The van der Waals surface area contributed by atoms with E-state index in [-0.39, 0.29) is 0 Å². The molecule has 0 bridgehead atoms. The maximum absolute atomic E-state index is 6.17. The van der Waals surface area contributed by atoms with Crippen LogP contribution in [0.3, 0.4) is 0 Å². The number of nitrogens with one attached hydrogen (secondary N) is 2. The van der Waals surface area contributed by atoms with Crippen molar-refractivity contribution >= 4 is 5.96 Å². The van der Waals surface area contributed by atoms with E-state index in [4.69, 9.17) is 14.5 Å². The monoisotopic (exact) mass is 416 g/mol. The first-order valence-electron chi connectivity index (χ1n) is 11.7. The highest BCUT2D eigenvalue weighted by Crippen LogP contribution is 2.23. The molecule has 168 valence electrons. The van der Waals surface area contributed by atoms with Crippen molar-refractivity contribution in [2.75, 3.05) is 52.5 Å². The second-order valence-electron chi connectivity index (χ2n) is 8.84. The zero-order valence-electron chi connectivity index (χ0n) is 19.1. The highest BCUT2D eigenvalue weighted by molar-refractivity contribution is 5.79. The van der Waals surface area contributed by atoms with Gasteiger partial charge in [-0.3, -0.25) is 0 Å². The second-order valence-corrected chi connectivity index (χ2v) is 8.84. The normalized spacial score (nSPS) is 21.0. The SMILES string of the molecule is CCNC(=NCc1ccc(C)cc1OCC1CCOC1)NCC(C)CN1CCCC1. The van der Waals surface area contributed by atoms with E-state index < -0.39 is 0 Å². The number of ether oxygens (including phenoxy) is 2. The number of benzene rings is 1. The van der Waals surface area contributed by atoms with Crippen LogP contribution in [-0.2, 0) is 11.3 Å². The average molecular weight is 417 g/mol. The number of hydrogen-bond acceptors (Lipinski definition) is 4. The van der Waals surface area contributed by atoms with Gasteiger partial charge in [-0.25, -0.2) is 4.99 Å². The zero-order valence-corrected chi connectivity index (χ0v) is 19.1. The third kappa shape index (κ3) is 7.47. The summed E-state index contributed by atoms with van der Waals surface area (Å²) in [6.07, 6.45) is 3.78. The third-order valence-corrected chi connectivity index (χ3v) is 5.86. The standard InChI is InChI=1S/C24H40N4O2/c1-4-25-24(26-14-20(3)16-28-10-5-6-11-28)27-15-22-8-7-19(2)13-23(22)30-18-21-9-12-29-17-21/h7-8,13,20-21H,4-6,9-12,14-18H2,1-3H3,(H2,25,26,27). The van der Waals surface area contributed by atoms with Crippen molar-refractivity contribution in [2.24, 2.45) is 16.8 Å². The fourth-order valence-corrected chi connectivity index (χ4v) is 4.10. The van der Waals surface area contributed by atoms with Crippen LogP contribution >= 0.6 is 0 Å². The summed E-state index contributed by atoms with van der Waals surface area (Å²) in [5, 5.41) is 6.90. The summed E-state index contributed by atoms with van der Waals surface area (Å²) in [6.45, 7) is 15.0. The lowest BCUT2D eigenvalue weighted by Gasteiger charge is -2.21. The number of aliphatic imine (C=N–C) groups is 1. The van der Waals surface area contributed by atoms with Crippen LogP contribution in [0.4, 0.5) is 0 Å². The van der Waals surface area contributed by atoms with Crippen molar-refractivity contribution in [3.63, 3.8) is 0 Å². The molecule has 2 saturated heterocycles. The van der Waals surface area contributed by atoms with Crippen molar-refractivity contribution in [3.05, 3.63) is 29.3 Å². The molecule has 2 heterocycles. The van der Waals surface area contributed by atoms with Crippen LogP contribution in [0.25, 0.3) is 0 Å². The molecule has 30 heavy (non-hydrogen) atoms. The van der Waals surface area contributed by atoms with Crippen molar-refractivity contribution in [2.45, 2.75) is 46.6 Å². The Labute approximate surface area is 182 Å². The van der Waals surface area contributed by atoms with Crippen LogP contribution in [0.5, 0.6) is 5.75 Å². The molecule has 0 aliphatic carbocycles. The van der Waals surface area contributed by atoms with E-state index in [9.17, 15) is 0 Å². The predicted molar refractivity (Wildman–Crippen MR) is 123 cm³/mol. The number of aryl methyl sites for hydroxylation is 1. The van der Waals surface area contributed by atoms with Gasteiger partial charge in [-0.15, -0.1) is 0 Å². The molecular weight excluding hydrogens is 376 g/mol. The highest BCUT2D eigenvalue weighted by Gasteiger charge is 2.17. The molecule has 2 fully saturated rings. The van der Waals surface area contributed by atoms with Gasteiger partial charge in [0.15, 0.2) is 5.96 Å². The second kappa shape index (κ2) is 12.2. The molecule has 2 N–H and O–H groups in total. The summed E-state index contributed by atoms with van der Waals surface area (Å²) in [4.78, 5) is 7.40. The fraction of sp³-hybridized carbons (Fsp3) is 0.708. The maximum atomic E-state index is 6.17. The molecule has 0 saturated carbocycles. The van der Waals surface area contributed by atoms with Gasteiger partial charge in [0.1, 0.15) is 5.75 Å². The van der Waals surface area contributed by atoms with Crippen LogP contribution in [-0.4, -0.2) is 63.4 Å². The summed E-state index contributed by atoms with van der Waals surface area (Å²) in [5.74, 6) is 2.92. The third-order valence-electron chi connectivity index (χ3n) is 5.86. The van der Waals surface area contributed by atoms with Gasteiger partial charge in [-0.2, -0.15) is 0 Å². The average Bonchev–Trinajstić information content (AvgIpc) is 3.43. The number of guanidine groups is 1. The van der Waals surface area contributed by atoms with Gasteiger partial charge >= 0.3 is 0 Å². The first-order valence-corrected chi connectivity index (χ1v) is 11.7. The van der Waals surface area contributed by atoms with E-state index in [0.717, 1.165) is 56.5 Å². The van der Waals surface area contributed by atoms with Gasteiger partial charge in [-0.1, -0.05) is 19.1 Å². The Morgan fingerprint density at radius 3 is 2.87 bits per heavy atom. The molecule has 2 unspecified atom stereocenters. The Morgan fingerprint density at radius 1 is 1.30 bits per heavy atom. The van der Waals surface area contributed by atoms with Gasteiger partial charge < -0.3 is 25.0 Å². The summed E-state index contributed by atoms with van der Waals surface area (Å²) in [5.41, 5.74) is 2.34. The molecule has 0 aromatic heterocycles. The van der Waals surface area contributed by atoms with E-state index in [0.29, 0.717) is 25.0 Å². The van der Waals surface area contributed by atoms with Crippen LogP contribution < -0.4 is 15.4 Å². The molecular formula is C24H40N4O2. The molecule has 6 heteroatoms. The molecule has 1 aromatic rings. The van der Waals surface area contributed by atoms with Gasteiger partial charge in [0.05, 0.1) is 19.8 Å². The minimum Gasteiger partial charge on any atom is -0.493 e. The summed E-state index contributed by atoms with van der Waals surface area (Å²) in [7, 11) is 0. The molecule has 3 rings (SSSR count). The zero-order chi connectivity index (χ0) is 21.2. The lowest BCUT2D eigenvalue weighted by atomic mass is 10.1. The molecule has 2 atom stereocenters. The van der Waals surface area contributed by atoms with E-state index in [2.05, 4.69) is 54.5 Å². The van der Waals surface area contributed by atoms with Crippen LogP contribution in [0.2, 0.25) is 0 Å². The van der Waals surface area contributed by atoms with E-state index in [1.54, 1.807) is 0 Å². The van der Waals surface area contributed by atoms with Gasteiger partial charge in [0, 0.05) is 37.7 Å². The van der Waals surface area contributed by atoms with Crippen molar-refractivity contribution in [1.29, 1.82) is 0 Å². The first kappa shape index (κ1) is 22.9. The molecule has 1 aromatic carbocycles. The lowest BCUT2D eigenvalue weighted by molar-refractivity contribution is 0.166. The summed E-state index contributed by atoms with van der Waals surface area (Å²) < 4.78 is 11.6. The Bertz CT molecular complexity index is 667. The topological polar surface area (TPSA) is 58.1 Å². The molecule has 0 amide bonds. The van der Waals surface area contributed by atoms with Gasteiger partial charge in [-0.05, 0) is 63.7 Å². The van der Waals surface area contributed by atoms with Crippen LogP contribution in [0.1, 0.15) is 44.2 Å². The Hall–Kier alpha value is -1.79. The molecule has 0 radical (unpaired) electrons. The Balaban J connectivity index is 1.54. The minimum absolute atomic E-state index is 0.498. The molecule has 0 spiro atoms. The minimum atomic E-state index is 0.498. The number of nitrogens with zero attached hydrogens (tertiary/aromatic N) is 2. The smallest absolute Gasteiger partial charge is 0.191 e. The largest absolute Gasteiger partial charge is 0.493 e. The van der Waals surface area contributed by atoms with Gasteiger partial charge in [0.2, 0.25) is 0 Å². The number of hydrogen-bond donors (Lipinski definition) is 2. The highest BCUT2D eigenvalue weighted by atomic mass is 16.5. The number of likely N-dealkylation sites (tertiary alicyclic amines) is 1. The Kier molecular flexibility index (Phi) is 9.27. The molecule has 2 aliphatic heterocycles. The maximum Gasteiger partial charge on any atom is 0.191 e. The Morgan fingerprint density at radius 2 is 2.13 bits per heavy atom. The molecule has 6 nitrogen and oxygen atoms in total. The predicted octanol–water partition coefficient (Wildman–Crippen LogP) is 3.20. The van der Waals surface area contributed by atoms with Crippen LogP contribution in [0.15, 0.2) is 23.2 Å². The van der Waals surface area contributed by atoms with E-state index in [1.165, 1.54) is 31.5 Å². The van der Waals surface area contributed by atoms with Crippen molar-refractivity contribution < 1.29 is 9.47 Å². The lowest BCUT2D eigenvalue weighted by Crippen LogP contribution is -2.41. The fourth-order valence-electron chi connectivity index (χ4n) is 4.10. The first-order chi connectivity index (χ1) is 14.6. The molecule has 2 aliphatic rings. The van der Waals surface area contributed by atoms with E-state index in [1.807, 2.05) is 0 Å². The quantitative estimate of drug-likeness (QED) is 0.453. The summed E-state index contributed by atoms with van der Waals surface area (Å²) in [6, 6.07) is 6.40. The van der Waals surface area contributed by atoms with Crippen molar-refractivity contribution in [3.8, 4) is 5.75 Å². The van der Waals surface area contributed by atoms with E-state index >= 15 is 0 Å². The van der Waals surface area contributed by atoms with Crippen LogP contribution in [0, 0.1) is 18.8 Å². The van der Waals surface area contributed by atoms with Gasteiger partial charge in [0.25, 0.3) is 0 Å². The summed E-state index contributed by atoms with van der Waals surface area (Å²) >= 11 is 0.